The van der Waals surface area contributed by atoms with Gasteiger partial charge >= 0.3 is 0 Å². The fraction of sp³-hybridized carbons (Fsp3) is 0. The van der Waals surface area contributed by atoms with Crippen LogP contribution < -0.4 is 10.6 Å². The molecule has 0 saturated heterocycles. The average Bonchev–Trinajstić information content (AvgIpc) is 2.60. The summed E-state index contributed by atoms with van der Waals surface area (Å²) in [4.78, 5) is 0. The van der Waals surface area contributed by atoms with Crippen LogP contribution in [0.3, 0.4) is 0 Å². The molecule has 0 aliphatic carbocycles. The predicted octanol–water partition coefficient (Wildman–Crippen LogP) is 4.50. The molecule has 1 nitrogen and oxygen atoms in total. The Morgan fingerprint density at radius 1 is 0.500 bits per heavy atom. The summed E-state index contributed by atoms with van der Waals surface area (Å²) in [6.07, 6.45) is 0. The maximum Gasteiger partial charge on any atom is 0.133 e. The van der Waals surface area contributed by atoms with Gasteiger partial charge in [-0.05, 0) is 21.5 Å². The first-order valence-electron chi connectivity index (χ1n) is 7.35. The summed E-state index contributed by atoms with van der Waals surface area (Å²) in [6, 6.07) is 28.4. The third-order valence-electron chi connectivity index (χ3n) is 4.07. The number of rotatable bonds is 2. The van der Waals surface area contributed by atoms with Crippen molar-refractivity contribution in [3.63, 3.8) is 0 Å². The Balaban J connectivity index is 1.97. The Morgan fingerprint density at radius 3 is 1.41 bits per heavy atom. The van der Waals surface area contributed by atoms with Crippen LogP contribution in [-0.4, -0.2) is 0 Å². The van der Waals surface area contributed by atoms with Crippen LogP contribution in [0.1, 0.15) is 0 Å². The molecule has 22 heavy (non-hydrogen) atoms. The molecule has 0 heterocycles. The monoisotopic (exact) mass is 302 g/mol. The highest BCUT2D eigenvalue weighted by Gasteiger charge is 2.12. The minimum Gasteiger partial charge on any atom is -0.317 e. The van der Waals surface area contributed by atoms with E-state index in [-0.39, 0.29) is 0 Å². The molecule has 0 spiro atoms. The number of hydrogen-bond donors (Lipinski definition) is 0. The Bertz CT molecular complexity index is 913. The number of benzene rings is 4. The van der Waals surface area contributed by atoms with Crippen LogP contribution in [0.4, 0.5) is 0 Å². The summed E-state index contributed by atoms with van der Waals surface area (Å²) < 4.78 is 13.3. The highest BCUT2D eigenvalue weighted by atomic mass is 31.1. The van der Waals surface area contributed by atoms with Crippen molar-refractivity contribution < 1.29 is 4.57 Å². The summed E-state index contributed by atoms with van der Waals surface area (Å²) in [5, 5.41) is 6.33. The van der Waals surface area contributed by atoms with Crippen molar-refractivity contribution in [1.82, 2.24) is 0 Å². The molecule has 0 amide bonds. The average molecular weight is 302 g/mol. The SMILES string of the molecule is O=[PH](c1cccc2ccccc12)c1cccc2ccccc12. The first-order chi connectivity index (χ1) is 10.8. The molecule has 0 N–H and O–H groups in total. The lowest BCUT2D eigenvalue weighted by Crippen LogP contribution is -2.08. The first kappa shape index (κ1) is 13.3. The fourth-order valence-corrected chi connectivity index (χ4v) is 4.72. The van der Waals surface area contributed by atoms with Crippen molar-refractivity contribution in [3.8, 4) is 0 Å². The molecule has 0 fully saturated rings. The molecule has 0 atom stereocenters. The van der Waals surface area contributed by atoms with Crippen LogP contribution in [-0.2, 0) is 4.57 Å². The normalized spacial score (nSPS) is 11.3. The van der Waals surface area contributed by atoms with E-state index in [2.05, 4.69) is 36.4 Å². The van der Waals surface area contributed by atoms with Crippen molar-refractivity contribution in [2.75, 3.05) is 0 Å². The second-order valence-corrected chi connectivity index (χ2v) is 7.12. The molecule has 4 aromatic carbocycles. The van der Waals surface area contributed by atoms with Gasteiger partial charge in [0.25, 0.3) is 0 Å². The van der Waals surface area contributed by atoms with E-state index in [0.29, 0.717) is 0 Å². The van der Waals surface area contributed by atoms with E-state index >= 15 is 0 Å². The second-order valence-electron chi connectivity index (χ2n) is 5.38. The Kier molecular flexibility index (Phi) is 3.29. The summed E-state index contributed by atoms with van der Waals surface area (Å²) >= 11 is 0. The molecular weight excluding hydrogens is 287 g/mol. The minimum atomic E-state index is -2.04. The summed E-state index contributed by atoms with van der Waals surface area (Å²) in [5.41, 5.74) is 0. The van der Waals surface area contributed by atoms with Gasteiger partial charge in [0.1, 0.15) is 7.80 Å². The maximum atomic E-state index is 13.3. The summed E-state index contributed by atoms with van der Waals surface area (Å²) in [7, 11) is -2.04. The molecule has 0 saturated carbocycles. The van der Waals surface area contributed by atoms with Crippen LogP contribution in [0.2, 0.25) is 0 Å². The first-order valence-corrected chi connectivity index (χ1v) is 8.76. The molecule has 0 unspecified atom stereocenters. The van der Waals surface area contributed by atoms with E-state index in [0.717, 1.165) is 32.2 Å². The van der Waals surface area contributed by atoms with E-state index in [4.69, 9.17) is 0 Å². The van der Waals surface area contributed by atoms with Crippen molar-refractivity contribution in [3.05, 3.63) is 84.9 Å². The lowest BCUT2D eigenvalue weighted by atomic mass is 10.1. The van der Waals surface area contributed by atoms with Crippen LogP contribution >= 0.6 is 7.80 Å². The lowest BCUT2D eigenvalue weighted by molar-refractivity contribution is 0.598. The zero-order chi connectivity index (χ0) is 14.9. The van der Waals surface area contributed by atoms with E-state index < -0.39 is 7.80 Å². The third kappa shape index (κ3) is 2.15. The van der Waals surface area contributed by atoms with Crippen molar-refractivity contribution in [1.29, 1.82) is 0 Å². The Labute approximate surface area is 130 Å². The van der Waals surface area contributed by atoms with Gasteiger partial charge in [-0.1, -0.05) is 84.9 Å². The number of fused-ring (bicyclic) bond motifs is 2. The summed E-state index contributed by atoms with van der Waals surface area (Å²) in [5.74, 6) is 0. The van der Waals surface area contributed by atoms with E-state index in [9.17, 15) is 4.57 Å². The zero-order valence-electron chi connectivity index (χ0n) is 12.0. The molecule has 4 rings (SSSR count). The van der Waals surface area contributed by atoms with Crippen molar-refractivity contribution >= 4 is 40.0 Å². The molecule has 106 valence electrons. The predicted molar refractivity (Wildman–Crippen MR) is 96.2 cm³/mol. The van der Waals surface area contributed by atoms with Gasteiger partial charge in [0.15, 0.2) is 0 Å². The van der Waals surface area contributed by atoms with Gasteiger partial charge in [0.2, 0.25) is 0 Å². The topological polar surface area (TPSA) is 17.1 Å². The Hall–Kier alpha value is -2.37. The maximum absolute atomic E-state index is 13.3. The van der Waals surface area contributed by atoms with Crippen LogP contribution in [0, 0.1) is 0 Å². The highest BCUT2D eigenvalue weighted by molar-refractivity contribution is 7.62. The van der Waals surface area contributed by atoms with Crippen LogP contribution in [0.15, 0.2) is 84.9 Å². The zero-order valence-corrected chi connectivity index (χ0v) is 13.0. The van der Waals surface area contributed by atoms with Gasteiger partial charge < -0.3 is 4.57 Å². The molecule has 2 heteroatoms. The fourth-order valence-electron chi connectivity index (χ4n) is 2.99. The lowest BCUT2D eigenvalue weighted by Gasteiger charge is -2.09. The van der Waals surface area contributed by atoms with Gasteiger partial charge in [0, 0.05) is 10.6 Å². The van der Waals surface area contributed by atoms with Crippen molar-refractivity contribution in [2.45, 2.75) is 0 Å². The van der Waals surface area contributed by atoms with Crippen LogP contribution in [0.5, 0.6) is 0 Å². The Morgan fingerprint density at radius 2 is 0.909 bits per heavy atom. The molecule has 0 aliphatic heterocycles. The van der Waals surface area contributed by atoms with Gasteiger partial charge in [-0.25, -0.2) is 0 Å². The molecule has 4 aromatic rings. The summed E-state index contributed by atoms with van der Waals surface area (Å²) in [6.45, 7) is 0. The molecule has 0 radical (unpaired) electrons. The van der Waals surface area contributed by atoms with Gasteiger partial charge in [-0.2, -0.15) is 0 Å². The molecule has 0 bridgehead atoms. The smallest absolute Gasteiger partial charge is 0.133 e. The highest BCUT2D eigenvalue weighted by Crippen LogP contribution is 2.28. The second kappa shape index (κ2) is 5.44. The standard InChI is InChI=1S/C20H15OP/c21-22(19-13-5-9-15-7-1-3-11-17(15)19)20-14-6-10-16-8-2-4-12-18(16)20/h1-14,22H. The van der Waals surface area contributed by atoms with Crippen LogP contribution in [0.25, 0.3) is 21.5 Å². The van der Waals surface area contributed by atoms with E-state index in [1.54, 1.807) is 0 Å². The van der Waals surface area contributed by atoms with Crippen molar-refractivity contribution in [2.24, 2.45) is 0 Å². The molecular formula is C20H15OP. The largest absolute Gasteiger partial charge is 0.317 e. The van der Waals surface area contributed by atoms with Gasteiger partial charge in [-0.3, -0.25) is 0 Å². The van der Waals surface area contributed by atoms with E-state index in [1.807, 2.05) is 48.5 Å². The molecule has 0 aromatic heterocycles. The third-order valence-corrected chi connectivity index (χ3v) is 5.92. The van der Waals surface area contributed by atoms with Gasteiger partial charge in [-0.15, -0.1) is 0 Å². The van der Waals surface area contributed by atoms with E-state index in [1.165, 1.54) is 0 Å². The minimum absolute atomic E-state index is 0.944. The number of hydrogen-bond acceptors (Lipinski definition) is 1. The van der Waals surface area contributed by atoms with Gasteiger partial charge in [0.05, 0.1) is 0 Å². The quantitative estimate of drug-likeness (QED) is 0.498. The molecule has 0 aliphatic rings.